The van der Waals surface area contributed by atoms with Gasteiger partial charge in [0.25, 0.3) is 0 Å². The minimum Gasteiger partial charge on any atom is -0.480 e. The standard InChI is InChI=1S/C27H31N5O5S3/c1-27(2)21(26(36)37)32-24(35)20(25(32)40-27)31-23(34)19(14-8-6-5-7-9-14)30-18(33)13-29-22(28)15-10-16(38-3)12-17(11-15)39-4/h5-12,19-21,25H,13H2,1-4H3,(H2,28,29)(H,30,33)(H,31,34)(H,36,37)/t19?,20-,21+,25-/m1/s1. The van der Waals surface area contributed by atoms with Crippen molar-refractivity contribution in [2.24, 2.45) is 0 Å². The van der Waals surface area contributed by atoms with Crippen LogP contribution in [0.1, 0.15) is 31.0 Å². The van der Waals surface area contributed by atoms with E-state index < -0.39 is 51.9 Å². The number of fused-ring (bicyclic) bond motifs is 1. The van der Waals surface area contributed by atoms with Crippen LogP contribution in [0.25, 0.3) is 0 Å². The molecule has 2 saturated heterocycles. The first-order valence-corrected chi connectivity index (χ1v) is 15.7. The molecule has 13 heteroatoms. The fraction of sp³-hybridized carbons (Fsp3) is 0.370. The number of hydrogen-bond donors (Lipinski definition) is 5. The van der Waals surface area contributed by atoms with Crippen molar-refractivity contribution in [1.82, 2.24) is 20.9 Å². The van der Waals surface area contributed by atoms with Crippen LogP contribution in [0.4, 0.5) is 0 Å². The number of benzene rings is 2. The summed E-state index contributed by atoms with van der Waals surface area (Å²) in [5, 5.41) is 25.8. The Bertz CT molecular complexity index is 1320. The highest BCUT2D eigenvalue weighted by Gasteiger charge is 2.64. The van der Waals surface area contributed by atoms with Crippen LogP contribution in [0.15, 0.2) is 58.3 Å². The molecular formula is C27H31N5O5S3. The van der Waals surface area contributed by atoms with Crippen molar-refractivity contribution in [1.29, 1.82) is 5.41 Å². The summed E-state index contributed by atoms with van der Waals surface area (Å²) in [5.41, 5.74) is 1.17. The minimum atomic E-state index is -1.09. The Morgan fingerprint density at radius 2 is 1.73 bits per heavy atom. The van der Waals surface area contributed by atoms with Crippen LogP contribution in [0, 0.1) is 5.41 Å². The topological polar surface area (TPSA) is 152 Å². The van der Waals surface area contributed by atoms with E-state index in [4.69, 9.17) is 5.41 Å². The van der Waals surface area contributed by atoms with Gasteiger partial charge in [0.05, 0.1) is 6.54 Å². The lowest BCUT2D eigenvalue weighted by atomic mass is 9.95. The molecule has 0 saturated carbocycles. The van der Waals surface area contributed by atoms with Gasteiger partial charge in [-0.2, -0.15) is 0 Å². The van der Waals surface area contributed by atoms with Crippen molar-refractivity contribution < 1.29 is 24.3 Å². The summed E-state index contributed by atoms with van der Waals surface area (Å²) in [6.45, 7) is 3.28. The highest BCUT2D eigenvalue weighted by Crippen LogP contribution is 2.50. The molecule has 212 valence electrons. The first-order chi connectivity index (χ1) is 19.0. The number of β-lactam (4-membered cyclic amide) rings is 1. The van der Waals surface area contributed by atoms with Crippen molar-refractivity contribution in [3.63, 3.8) is 0 Å². The molecule has 40 heavy (non-hydrogen) atoms. The van der Waals surface area contributed by atoms with Crippen molar-refractivity contribution in [2.45, 2.75) is 51.9 Å². The SMILES string of the molecule is CSc1cc(SC)cc(C(=N)NCC(=O)NC(C(=O)N[C@@H]2C(=O)N3[C@@H]2SC(C)(C)[C@@H]3C(=O)O)c2ccccc2)c1. The highest BCUT2D eigenvalue weighted by atomic mass is 32.2. The van der Waals surface area contributed by atoms with Crippen molar-refractivity contribution in [3.8, 4) is 0 Å². The number of rotatable bonds is 10. The van der Waals surface area contributed by atoms with E-state index >= 15 is 0 Å². The minimum absolute atomic E-state index is 0.0797. The Hall–Kier alpha value is -3.16. The first-order valence-electron chi connectivity index (χ1n) is 12.4. The first kappa shape index (κ1) is 29.8. The van der Waals surface area contributed by atoms with E-state index in [1.807, 2.05) is 30.7 Å². The number of hydrogen-bond acceptors (Lipinski definition) is 8. The molecule has 0 bridgehead atoms. The zero-order chi connectivity index (χ0) is 29.2. The Kier molecular flexibility index (Phi) is 9.06. The fourth-order valence-corrected chi connectivity index (χ4v) is 7.44. The van der Waals surface area contributed by atoms with Gasteiger partial charge in [-0.25, -0.2) is 4.79 Å². The summed E-state index contributed by atoms with van der Waals surface area (Å²) in [4.78, 5) is 54.3. The van der Waals surface area contributed by atoms with E-state index in [2.05, 4.69) is 16.0 Å². The van der Waals surface area contributed by atoms with Crippen LogP contribution in [0.2, 0.25) is 0 Å². The summed E-state index contributed by atoms with van der Waals surface area (Å²) < 4.78 is -0.721. The molecule has 2 aromatic carbocycles. The Morgan fingerprint density at radius 1 is 1.10 bits per heavy atom. The summed E-state index contributed by atoms with van der Waals surface area (Å²) in [6, 6.07) is 11.4. The second kappa shape index (κ2) is 12.1. The molecule has 10 nitrogen and oxygen atoms in total. The number of carbonyl (C=O) groups is 4. The van der Waals surface area contributed by atoms with Gasteiger partial charge in [0, 0.05) is 20.1 Å². The van der Waals surface area contributed by atoms with E-state index in [9.17, 15) is 24.3 Å². The molecule has 2 aromatic rings. The maximum absolute atomic E-state index is 13.4. The second-order valence-corrected chi connectivity index (χ2v) is 13.4. The zero-order valence-electron chi connectivity index (χ0n) is 22.4. The largest absolute Gasteiger partial charge is 0.480 e. The molecule has 0 aromatic heterocycles. The fourth-order valence-electron chi connectivity index (χ4n) is 4.76. The molecule has 5 N–H and O–H groups in total. The molecule has 1 unspecified atom stereocenters. The third-order valence-corrected chi connectivity index (χ3v) is 9.72. The molecule has 2 aliphatic heterocycles. The van der Waals surface area contributed by atoms with Gasteiger partial charge in [0.1, 0.15) is 29.3 Å². The van der Waals surface area contributed by atoms with Gasteiger partial charge in [-0.3, -0.25) is 19.8 Å². The van der Waals surface area contributed by atoms with Gasteiger partial charge in [0.15, 0.2) is 0 Å². The van der Waals surface area contributed by atoms with Gasteiger partial charge in [0.2, 0.25) is 17.7 Å². The number of thioether (sulfide) groups is 3. The molecule has 4 rings (SSSR count). The van der Waals surface area contributed by atoms with Gasteiger partial charge in [-0.15, -0.1) is 35.3 Å². The second-order valence-electron chi connectivity index (χ2n) is 9.83. The smallest absolute Gasteiger partial charge is 0.327 e. The maximum Gasteiger partial charge on any atom is 0.327 e. The van der Waals surface area contributed by atoms with E-state index in [-0.39, 0.29) is 12.4 Å². The molecule has 2 fully saturated rings. The van der Waals surface area contributed by atoms with Crippen LogP contribution in [0.3, 0.4) is 0 Å². The van der Waals surface area contributed by atoms with Crippen molar-refractivity contribution >= 4 is 64.8 Å². The number of amides is 3. The molecule has 0 aliphatic carbocycles. The van der Waals surface area contributed by atoms with Gasteiger partial charge >= 0.3 is 5.97 Å². The van der Waals surface area contributed by atoms with E-state index in [1.54, 1.807) is 67.7 Å². The lowest BCUT2D eigenvalue weighted by molar-refractivity contribution is -0.161. The molecule has 2 heterocycles. The predicted molar refractivity (Wildman–Crippen MR) is 158 cm³/mol. The number of amidine groups is 1. The Morgan fingerprint density at radius 3 is 2.30 bits per heavy atom. The number of nitrogens with zero attached hydrogens (tertiary/aromatic N) is 1. The van der Waals surface area contributed by atoms with Gasteiger partial charge in [-0.1, -0.05) is 30.3 Å². The van der Waals surface area contributed by atoms with Crippen molar-refractivity contribution in [3.05, 3.63) is 59.7 Å². The Balaban J connectivity index is 1.43. The zero-order valence-corrected chi connectivity index (χ0v) is 24.8. The maximum atomic E-state index is 13.4. The third-order valence-electron chi connectivity index (χ3n) is 6.74. The molecule has 0 radical (unpaired) electrons. The van der Waals surface area contributed by atoms with Crippen LogP contribution >= 0.6 is 35.3 Å². The van der Waals surface area contributed by atoms with E-state index in [0.29, 0.717) is 11.1 Å². The number of carbonyl (C=O) groups excluding carboxylic acids is 3. The summed E-state index contributed by atoms with van der Waals surface area (Å²) >= 11 is 4.46. The number of nitrogens with one attached hydrogen (secondary N) is 4. The lowest BCUT2D eigenvalue weighted by Crippen LogP contribution is -2.71. The Labute approximate surface area is 245 Å². The average Bonchev–Trinajstić information content (AvgIpc) is 3.20. The summed E-state index contributed by atoms with van der Waals surface area (Å²) in [6.07, 6.45) is 3.90. The highest BCUT2D eigenvalue weighted by molar-refractivity contribution is 8.01. The quantitative estimate of drug-likeness (QED) is 0.120. The molecule has 2 aliphatic rings. The monoisotopic (exact) mass is 601 g/mol. The molecular weight excluding hydrogens is 571 g/mol. The molecule has 4 atom stereocenters. The number of carboxylic acid groups (broad SMARTS) is 1. The number of carboxylic acids is 1. The van der Waals surface area contributed by atoms with Crippen LogP contribution in [0.5, 0.6) is 0 Å². The van der Waals surface area contributed by atoms with Crippen LogP contribution in [-0.2, 0) is 19.2 Å². The predicted octanol–water partition coefficient (Wildman–Crippen LogP) is 2.53. The van der Waals surface area contributed by atoms with E-state index in [1.165, 1.54) is 16.7 Å². The molecule has 3 amide bonds. The lowest BCUT2D eigenvalue weighted by Gasteiger charge is -2.44. The van der Waals surface area contributed by atoms with E-state index in [0.717, 1.165) is 9.79 Å². The summed E-state index contributed by atoms with van der Waals surface area (Å²) in [5.74, 6) is -2.56. The number of aliphatic carboxylic acids is 1. The van der Waals surface area contributed by atoms with Gasteiger partial charge in [-0.05, 0) is 50.1 Å². The third kappa shape index (κ3) is 6.11. The molecule has 0 spiro atoms. The summed E-state index contributed by atoms with van der Waals surface area (Å²) in [7, 11) is 0. The average molecular weight is 602 g/mol. The van der Waals surface area contributed by atoms with Crippen LogP contribution < -0.4 is 16.0 Å². The van der Waals surface area contributed by atoms with Gasteiger partial charge < -0.3 is 26.0 Å². The van der Waals surface area contributed by atoms with Crippen LogP contribution in [-0.4, -0.2) is 80.8 Å². The van der Waals surface area contributed by atoms with Crippen molar-refractivity contribution in [2.75, 3.05) is 19.1 Å². The normalized spacial score (nSPS) is 21.6.